The van der Waals surface area contributed by atoms with Crippen molar-refractivity contribution in [3.8, 4) is 0 Å². The smallest absolute Gasteiger partial charge is 0.319 e. The van der Waals surface area contributed by atoms with Crippen molar-refractivity contribution < 1.29 is 9.05 Å². The summed E-state index contributed by atoms with van der Waals surface area (Å²) in [6.07, 6.45) is 1.96. The summed E-state index contributed by atoms with van der Waals surface area (Å²) in [6, 6.07) is 20.9. The fraction of sp³-hybridized carbons (Fsp3) is 0.333. The van der Waals surface area contributed by atoms with Crippen LogP contribution in [0.4, 0.5) is 0 Å². The predicted molar refractivity (Wildman–Crippen MR) is 130 cm³/mol. The molecule has 0 bridgehead atoms. The summed E-state index contributed by atoms with van der Waals surface area (Å²) in [5.41, 5.74) is -2.26. The molecular weight excluding hydrogens is 475 g/mol. The quantitative estimate of drug-likeness (QED) is 0.400. The van der Waals surface area contributed by atoms with Gasteiger partial charge >= 0.3 is 7.94 Å². The van der Waals surface area contributed by atoms with E-state index in [2.05, 4.69) is 63.6 Å². The van der Waals surface area contributed by atoms with Gasteiger partial charge in [0.15, 0.2) is 0 Å². The van der Waals surface area contributed by atoms with Gasteiger partial charge in [0.05, 0.1) is 13.2 Å². The summed E-state index contributed by atoms with van der Waals surface area (Å²) in [5.74, 6) is 0. The summed E-state index contributed by atoms with van der Waals surface area (Å²) in [5, 5.41) is 7.15. The first-order valence-electron chi connectivity index (χ1n) is 9.94. The molecule has 3 aliphatic rings. The van der Waals surface area contributed by atoms with Gasteiger partial charge < -0.3 is 4.52 Å². The van der Waals surface area contributed by atoms with E-state index in [-0.39, 0.29) is 0 Å². The Bertz CT molecular complexity index is 934. The summed E-state index contributed by atoms with van der Waals surface area (Å²) in [4.78, 5) is 6.20. The fourth-order valence-corrected chi connectivity index (χ4v) is 23.9. The van der Waals surface area contributed by atoms with Crippen LogP contribution in [0.15, 0.2) is 79.5 Å². The van der Waals surface area contributed by atoms with Gasteiger partial charge in [-0.3, -0.25) is 0 Å². The second kappa shape index (κ2) is 9.36. The second-order valence-electron chi connectivity index (χ2n) is 6.92. The molecule has 2 aromatic rings. The van der Waals surface area contributed by atoms with Gasteiger partial charge in [0.25, 0.3) is 7.58 Å². The van der Waals surface area contributed by atoms with Crippen LogP contribution in [-0.2, 0) is 9.05 Å². The Balaban J connectivity index is 1.63. The lowest BCUT2D eigenvalue weighted by Crippen LogP contribution is -2.32. The molecule has 0 radical (unpaired) electrons. The Morgan fingerprint density at radius 1 is 0.833 bits per heavy atom. The molecule has 2 saturated heterocycles. The first kappa shape index (κ1) is 21.7. The summed E-state index contributed by atoms with van der Waals surface area (Å²) in [6.45, 7) is 3.13. The van der Waals surface area contributed by atoms with Gasteiger partial charge in [0.1, 0.15) is 0 Å². The standard InChI is InChI=1S/C18H25N5O2P3S2/c1-3-9-17(10-4-1)29-28(30-18-11-5-2-6-12-18)22-26(19-13-7-15-24-26)21-27(23-28)20-14-8-16-25-27/h1-6,9-12,19-20,22H,7-8,13-16H2/q+1/t26-,27?/m1/s1. The lowest BCUT2D eigenvalue weighted by molar-refractivity contribution is 0.295. The van der Waals surface area contributed by atoms with Crippen LogP contribution in [-0.4, -0.2) is 26.3 Å². The van der Waals surface area contributed by atoms with E-state index in [4.69, 9.17) is 18.1 Å². The minimum atomic E-state index is -2.51. The van der Waals surface area contributed by atoms with E-state index in [1.54, 1.807) is 22.8 Å². The van der Waals surface area contributed by atoms with Crippen LogP contribution in [0.1, 0.15) is 12.8 Å². The molecule has 0 aliphatic carbocycles. The molecule has 0 aromatic heterocycles. The first-order chi connectivity index (χ1) is 14.7. The average Bonchev–Trinajstić information content (AvgIpc) is 2.75. The zero-order valence-corrected chi connectivity index (χ0v) is 20.7. The molecular formula is C18H25N5O2P3S2+. The molecule has 2 atom stereocenters. The van der Waals surface area contributed by atoms with Crippen LogP contribution in [0, 0.1) is 0 Å². The van der Waals surface area contributed by atoms with Gasteiger partial charge in [-0.2, -0.15) is 9.38 Å². The molecule has 2 fully saturated rings. The highest BCUT2D eigenvalue weighted by atomic mass is 33.1. The number of hydrogen-bond acceptors (Lipinski definition) is 9. The maximum Gasteiger partial charge on any atom is 0.467 e. The zero-order valence-electron chi connectivity index (χ0n) is 16.4. The van der Waals surface area contributed by atoms with Gasteiger partial charge in [-0.25, -0.2) is 5.09 Å². The Kier molecular flexibility index (Phi) is 6.76. The van der Waals surface area contributed by atoms with Crippen LogP contribution in [0.25, 0.3) is 0 Å². The minimum absolute atomic E-state index is 0.680. The van der Waals surface area contributed by atoms with Crippen molar-refractivity contribution >= 4 is 43.9 Å². The third-order valence-corrected chi connectivity index (χ3v) is 21.2. The highest BCUT2D eigenvalue weighted by Crippen LogP contribution is 2.87. The number of nitrogens with one attached hydrogen (secondary N) is 3. The Morgan fingerprint density at radius 2 is 1.50 bits per heavy atom. The molecule has 7 nitrogen and oxygen atoms in total. The van der Waals surface area contributed by atoms with E-state index < -0.39 is 21.1 Å². The molecule has 5 rings (SSSR count). The van der Waals surface area contributed by atoms with Gasteiger partial charge in [-0.05, 0) is 46.1 Å². The molecule has 30 heavy (non-hydrogen) atoms. The lowest BCUT2D eigenvalue weighted by atomic mass is 10.4. The van der Waals surface area contributed by atoms with E-state index in [9.17, 15) is 0 Å². The molecule has 12 heteroatoms. The maximum absolute atomic E-state index is 6.34. The number of hydrogen-bond donors (Lipinski definition) is 3. The van der Waals surface area contributed by atoms with E-state index in [0.29, 0.717) is 13.2 Å². The van der Waals surface area contributed by atoms with Gasteiger partial charge in [-0.15, -0.1) is 5.09 Å². The zero-order chi connectivity index (χ0) is 20.3. The van der Waals surface area contributed by atoms with Crippen molar-refractivity contribution in [3.63, 3.8) is 0 Å². The highest BCUT2D eigenvalue weighted by molar-refractivity contribution is 8.91. The molecule has 160 valence electrons. The van der Waals surface area contributed by atoms with Gasteiger partial charge in [-0.1, -0.05) is 59.2 Å². The third-order valence-electron chi connectivity index (χ3n) is 4.53. The fourth-order valence-electron chi connectivity index (χ4n) is 3.22. The minimum Gasteiger partial charge on any atom is -0.319 e. The molecule has 0 saturated carbocycles. The second-order valence-corrected chi connectivity index (χ2v) is 19.8. The molecule has 1 unspecified atom stereocenters. The summed E-state index contributed by atoms with van der Waals surface area (Å²) in [7, 11) is -4.92. The lowest BCUT2D eigenvalue weighted by Gasteiger charge is -2.38. The molecule has 2 aromatic carbocycles. The van der Waals surface area contributed by atoms with Crippen LogP contribution < -0.4 is 15.0 Å². The number of nitrogens with zero attached hydrogens (tertiary/aromatic N) is 2. The molecule has 3 heterocycles. The third kappa shape index (κ3) is 4.92. The highest BCUT2D eigenvalue weighted by Gasteiger charge is 2.55. The van der Waals surface area contributed by atoms with E-state index in [1.165, 1.54) is 9.79 Å². The van der Waals surface area contributed by atoms with Crippen LogP contribution >= 0.6 is 43.9 Å². The topological polar surface area (TPSA) is 79.3 Å². The largest absolute Gasteiger partial charge is 0.467 e. The summed E-state index contributed by atoms with van der Waals surface area (Å²) >= 11 is 3.59. The van der Waals surface area contributed by atoms with Crippen molar-refractivity contribution in [3.05, 3.63) is 60.7 Å². The summed E-state index contributed by atoms with van der Waals surface area (Å²) < 4.78 is 23.1. The number of benzene rings is 2. The van der Waals surface area contributed by atoms with E-state index in [0.717, 1.165) is 25.9 Å². The Hall–Kier alpha value is -0.170. The molecule has 2 spiro atoms. The van der Waals surface area contributed by atoms with Crippen molar-refractivity contribution in [1.29, 1.82) is 0 Å². The van der Waals surface area contributed by atoms with E-state index >= 15 is 0 Å². The van der Waals surface area contributed by atoms with E-state index in [1.807, 2.05) is 12.1 Å². The first-order valence-corrected chi connectivity index (χ1v) is 17.8. The van der Waals surface area contributed by atoms with Crippen LogP contribution in [0.2, 0.25) is 0 Å². The van der Waals surface area contributed by atoms with Gasteiger partial charge in [0.2, 0.25) is 5.61 Å². The van der Waals surface area contributed by atoms with Crippen molar-refractivity contribution in [2.45, 2.75) is 22.6 Å². The Labute approximate surface area is 186 Å². The molecule has 0 amide bonds. The van der Waals surface area contributed by atoms with Crippen molar-refractivity contribution in [1.82, 2.24) is 15.0 Å². The van der Waals surface area contributed by atoms with Crippen LogP contribution in [0.5, 0.6) is 0 Å². The number of rotatable bonds is 4. The molecule has 3 N–H and O–H groups in total. The maximum atomic E-state index is 6.34. The normalized spacial score (nSPS) is 30.5. The van der Waals surface area contributed by atoms with Crippen molar-refractivity contribution in [2.24, 2.45) is 9.03 Å². The predicted octanol–water partition coefficient (Wildman–Crippen LogP) is 6.76. The Morgan fingerprint density at radius 3 is 2.07 bits per heavy atom. The molecule has 3 aliphatic heterocycles. The van der Waals surface area contributed by atoms with Gasteiger partial charge in [0, 0.05) is 22.9 Å². The monoisotopic (exact) mass is 500 g/mol. The van der Waals surface area contributed by atoms with Crippen LogP contribution in [0.3, 0.4) is 0 Å². The van der Waals surface area contributed by atoms with Crippen molar-refractivity contribution in [2.75, 3.05) is 26.3 Å². The SMILES string of the molecule is c1ccc(SP2(Sc3ccccc3)=N[P+]3(N=[P@]4(NCCCO4)N2)NCCCO3)cc1. The average molecular weight is 500 g/mol.